The van der Waals surface area contributed by atoms with Crippen molar-refractivity contribution < 1.29 is 14.6 Å². The fourth-order valence-electron chi connectivity index (χ4n) is 1.65. The van der Waals surface area contributed by atoms with Gasteiger partial charge in [-0.15, -0.1) is 5.10 Å². The van der Waals surface area contributed by atoms with Crippen LogP contribution in [0.5, 0.6) is 0 Å². The number of carboxylic acids is 1. The molecule has 6 heteroatoms. The van der Waals surface area contributed by atoms with Crippen molar-refractivity contribution in [2.24, 2.45) is 0 Å². The highest BCUT2D eigenvalue weighted by Gasteiger charge is 2.31. The molecule has 1 atom stereocenters. The Labute approximate surface area is 92.6 Å². The van der Waals surface area contributed by atoms with Gasteiger partial charge in [0, 0.05) is 6.61 Å². The molecule has 0 amide bonds. The molecule has 1 fully saturated rings. The zero-order chi connectivity index (χ0) is 11.6. The Hall–Kier alpha value is -1.69. The maximum absolute atomic E-state index is 11.0. The molecule has 1 aromatic heterocycles. The average Bonchev–Trinajstić information content (AvgIpc) is 2.65. The van der Waals surface area contributed by atoms with Gasteiger partial charge < -0.3 is 15.2 Å². The van der Waals surface area contributed by atoms with Crippen LogP contribution in [0, 0.1) is 0 Å². The number of carbonyl (C=O) groups is 1. The van der Waals surface area contributed by atoms with Crippen LogP contribution in [-0.2, 0) is 4.74 Å². The lowest BCUT2D eigenvalue weighted by molar-refractivity contribution is 0.0697. The van der Waals surface area contributed by atoms with Crippen LogP contribution >= 0.6 is 0 Å². The van der Waals surface area contributed by atoms with E-state index in [4.69, 9.17) is 9.84 Å². The summed E-state index contributed by atoms with van der Waals surface area (Å²) in [6.45, 7) is 3.19. The molecule has 1 aliphatic rings. The molecule has 16 heavy (non-hydrogen) atoms. The third kappa shape index (κ3) is 2.11. The van der Waals surface area contributed by atoms with E-state index in [0.717, 1.165) is 6.42 Å². The summed E-state index contributed by atoms with van der Waals surface area (Å²) >= 11 is 0. The summed E-state index contributed by atoms with van der Waals surface area (Å²) in [5.74, 6) is -0.720. The summed E-state index contributed by atoms with van der Waals surface area (Å²) in [6, 6.07) is 1.43. The van der Waals surface area contributed by atoms with Gasteiger partial charge in [0.05, 0.1) is 18.3 Å². The Balaban J connectivity index is 2.23. The summed E-state index contributed by atoms with van der Waals surface area (Å²) in [6.07, 6.45) is 2.19. The first kappa shape index (κ1) is 10.8. The van der Waals surface area contributed by atoms with E-state index in [1.165, 1.54) is 12.3 Å². The second-order valence-electron chi connectivity index (χ2n) is 4.09. The van der Waals surface area contributed by atoms with E-state index < -0.39 is 5.97 Å². The minimum Gasteiger partial charge on any atom is -0.478 e. The molecule has 0 bridgehead atoms. The topological polar surface area (TPSA) is 84.3 Å². The number of nitrogens with one attached hydrogen (secondary N) is 1. The molecule has 0 aromatic carbocycles. The zero-order valence-electron chi connectivity index (χ0n) is 8.93. The molecule has 1 aliphatic heterocycles. The van der Waals surface area contributed by atoms with Crippen LogP contribution in [0.15, 0.2) is 12.3 Å². The van der Waals surface area contributed by atoms with Crippen molar-refractivity contribution in [2.45, 2.75) is 18.9 Å². The molecule has 1 aromatic rings. The number of hydrogen-bond acceptors (Lipinski definition) is 5. The predicted octanol–water partition coefficient (Wildman–Crippen LogP) is 0.766. The quantitative estimate of drug-likeness (QED) is 0.787. The van der Waals surface area contributed by atoms with Gasteiger partial charge in [0.1, 0.15) is 5.56 Å². The van der Waals surface area contributed by atoms with Gasteiger partial charge in [0.25, 0.3) is 0 Å². The van der Waals surface area contributed by atoms with Gasteiger partial charge in [-0.05, 0) is 19.4 Å². The molecule has 0 spiro atoms. The van der Waals surface area contributed by atoms with E-state index in [0.29, 0.717) is 19.0 Å². The summed E-state index contributed by atoms with van der Waals surface area (Å²) in [5, 5.41) is 19.6. The zero-order valence-corrected chi connectivity index (χ0v) is 8.93. The first-order chi connectivity index (χ1) is 7.61. The summed E-state index contributed by atoms with van der Waals surface area (Å²) in [4.78, 5) is 11.0. The molecule has 2 heterocycles. The monoisotopic (exact) mass is 223 g/mol. The van der Waals surface area contributed by atoms with Crippen molar-refractivity contribution in [3.05, 3.63) is 17.8 Å². The van der Waals surface area contributed by atoms with Crippen molar-refractivity contribution in [3.8, 4) is 0 Å². The highest BCUT2D eigenvalue weighted by atomic mass is 16.5. The summed E-state index contributed by atoms with van der Waals surface area (Å²) < 4.78 is 5.27. The number of aromatic nitrogens is 2. The largest absolute Gasteiger partial charge is 0.478 e. The van der Waals surface area contributed by atoms with Crippen LogP contribution in [0.2, 0.25) is 0 Å². The maximum atomic E-state index is 11.0. The Morgan fingerprint density at radius 2 is 2.50 bits per heavy atom. The smallest absolute Gasteiger partial charge is 0.339 e. The lowest BCUT2D eigenvalue weighted by atomic mass is 10.0. The van der Waals surface area contributed by atoms with E-state index in [9.17, 15) is 4.79 Å². The normalized spacial score (nSPS) is 24.3. The maximum Gasteiger partial charge on any atom is 0.339 e. The lowest BCUT2D eigenvalue weighted by Gasteiger charge is -2.24. The fourth-order valence-corrected chi connectivity index (χ4v) is 1.65. The first-order valence-electron chi connectivity index (χ1n) is 5.02. The molecule has 86 valence electrons. The van der Waals surface area contributed by atoms with Crippen molar-refractivity contribution in [2.75, 3.05) is 18.5 Å². The fraction of sp³-hybridized carbons (Fsp3) is 0.500. The molecule has 0 saturated carbocycles. The van der Waals surface area contributed by atoms with Gasteiger partial charge in [-0.3, -0.25) is 0 Å². The van der Waals surface area contributed by atoms with Crippen LogP contribution in [0.25, 0.3) is 0 Å². The van der Waals surface area contributed by atoms with Crippen molar-refractivity contribution in [3.63, 3.8) is 0 Å². The van der Waals surface area contributed by atoms with Gasteiger partial charge in [-0.25, -0.2) is 4.79 Å². The Morgan fingerprint density at radius 1 is 1.69 bits per heavy atom. The van der Waals surface area contributed by atoms with Crippen LogP contribution in [0.1, 0.15) is 23.7 Å². The SMILES string of the molecule is CC1(Nc2nnccc2C(=O)O)CCOC1. The Morgan fingerprint density at radius 3 is 3.12 bits per heavy atom. The average molecular weight is 223 g/mol. The number of anilines is 1. The molecule has 6 nitrogen and oxygen atoms in total. The predicted molar refractivity (Wildman–Crippen MR) is 56.5 cm³/mol. The number of hydrogen-bond donors (Lipinski definition) is 2. The molecule has 2 N–H and O–H groups in total. The lowest BCUT2D eigenvalue weighted by Crippen LogP contribution is -2.36. The van der Waals surface area contributed by atoms with Crippen LogP contribution in [0.4, 0.5) is 5.82 Å². The molecule has 0 aliphatic carbocycles. The highest BCUT2D eigenvalue weighted by Crippen LogP contribution is 2.24. The van der Waals surface area contributed by atoms with Gasteiger partial charge in [-0.1, -0.05) is 0 Å². The van der Waals surface area contributed by atoms with Gasteiger partial charge >= 0.3 is 5.97 Å². The number of ether oxygens (including phenoxy) is 1. The number of aromatic carboxylic acids is 1. The minimum atomic E-state index is -1.01. The Kier molecular flexibility index (Phi) is 2.74. The second kappa shape index (κ2) is 4.05. The third-order valence-electron chi connectivity index (χ3n) is 2.59. The summed E-state index contributed by atoms with van der Waals surface area (Å²) in [7, 11) is 0. The van der Waals surface area contributed by atoms with Crippen LogP contribution in [-0.4, -0.2) is 40.0 Å². The van der Waals surface area contributed by atoms with E-state index >= 15 is 0 Å². The molecule has 2 rings (SSSR count). The van der Waals surface area contributed by atoms with Gasteiger partial charge in [0.2, 0.25) is 0 Å². The van der Waals surface area contributed by atoms with Crippen LogP contribution in [0.3, 0.4) is 0 Å². The standard InChI is InChI=1S/C10H13N3O3/c1-10(3-5-16-6-10)12-8-7(9(14)15)2-4-11-13-8/h2,4H,3,5-6H2,1H3,(H,12,13)(H,14,15). The second-order valence-corrected chi connectivity index (χ2v) is 4.09. The molecule has 1 unspecified atom stereocenters. The third-order valence-corrected chi connectivity index (χ3v) is 2.59. The van der Waals surface area contributed by atoms with Gasteiger partial charge in [0.15, 0.2) is 5.82 Å². The number of carboxylic acid groups (broad SMARTS) is 1. The number of rotatable bonds is 3. The Bertz CT molecular complexity index is 402. The van der Waals surface area contributed by atoms with Crippen molar-refractivity contribution >= 4 is 11.8 Å². The molecule has 0 radical (unpaired) electrons. The van der Waals surface area contributed by atoms with E-state index in [1.54, 1.807) is 0 Å². The highest BCUT2D eigenvalue weighted by molar-refractivity contribution is 5.92. The number of nitrogens with zero attached hydrogens (tertiary/aromatic N) is 2. The summed E-state index contributed by atoms with van der Waals surface area (Å²) in [5.41, 5.74) is -0.136. The molecular weight excluding hydrogens is 210 g/mol. The van der Waals surface area contributed by atoms with Crippen LogP contribution < -0.4 is 5.32 Å². The van der Waals surface area contributed by atoms with E-state index in [1.807, 2.05) is 6.92 Å². The van der Waals surface area contributed by atoms with E-state index in [2.05, 4.69) is 15.5 Å². The first-order valence-corrected chi connectivity index (χ1v) is 5.02. The molecular formula is C10H13N3O3. The van der Waals surface area contributed by atoms with E-state index in [-0.39, 0.29) is 11.1 Å². The molecule has 1 saturated heterocycles. The van der Waals surface area contributed by atoms with Crippen molar-refractivity contribution in [1.82, 2.24) is 10.2 Å². The van der Waals surface area contributed by atoms with Gasteiger partial charge in [-0.2, -0.15) is 5.10 Å². The van der Waals surface area contributed by atoms with Crippen molar-refractivity contribution in [1.29, 1.82) is 0 Å². The minimum absolute atomic E-state index is 0.128.